The van der Waals surface area contributed by atoms with Crippen molar-refractivity contribution in [3.8, 4) is 29.0 Å². The van der Waals surface area contributed by atoms with Gasteiger partial charge in [0, 0.05) is 30.1 Å². The molecule has 1 aliphatic rings. The number of carbonyl (C=O) groups excluding carboxylic acids is 2. The van der Waals surface area contributed by atoms with Crippen LogP contribution in [0.1, 0.15) is 24.1 Å². The van der Waals surface area contributed by atoms with Crippen LogP contribution in [0.2, 0.25) is 5.02 Å². The SMILES string of the molecule is O=CN1CCC(COc2ccc(-c3ncc(C(F)(F)F)[nH]3)cc2NC(=O)C#Cc2ccc(F)c(Cl)c2)CC1. The van der Waals surface area contributed by atoms with Crippen molar-refractivity contribution in [2.45, 2.75) is 19.0 Å². The number of aromatic nitrogens is 2. The van der Waals surface area contributed by atoms with Gasteiger partial charge in [-0.1, -0.05) is 17.5 Å². The van der Waals surface area contributed by atoms with Crippen molar-refractivity contribution in [1.29, 1.82) is 0 Å². The highest BCUT2D eigenvalue weighted by molar-refractivity contribution is 6.30. The first-order valence-corrected chi connectivity index (χ1v) is 11.9. The Kier molecular flexibility index (Phi) is 8.22. The summed E-state index contributed by atoms with van der Waals surface area (Å²) in [5.41, 5.74) is -0.243. The number of aromatic amines is 1. The predicted octanol–water partition coefficient (Wildman–Crippen LogP) is 5.13. The molecule has 2 amide bonds. The van der Waals surface area contributed by atoms with E-state index < -0.39 is 23.6 Å². The molecule has 12 heteroatoms. The molecule has 1 saturated heterocycles. The summed E-state index contributed by atoms with van der Waals surface area (Å²) >= 11 is 5.74. The molecule has 0 radical (unpaired) electrons. The number of carbonyl (C=O) groups is 2. The summed E-state index contributed by atoms with van der Waals surface area (Å²) in [4.78, 5) is 31.2. The second kappa shape index (κ2) is 11.6. The van der Waals surface area contributed by atoms with Crippen molar-refractivity contribution in [1.82, 2.24) is 14.9 Å². The zero-order valence-corrected chi connectivity index (χ0v) is 20.5. The van der Waals surface area contributed by atoms with Crippen LogP contribution in [0, 0.1) is 23.6 Å². The zero-order chi connectivity index (χ0) is 27.3. The van der Waals surface area contributed by atoms with Crippen LogP contribution in [-0.2, 0) is 15.8 Å². The van der Waals surface area contributed by atoms with Gasteiger partial charge in [0.1, 0.15) is 23.1 Å². The van der Waals surface area contributed by atoms with E-state index in [-0.39, 0.29) is 33.8 Å². The van der Waals surface area contributed by atoms with E-state index in [1.165, 1.54) is 30.3 Å². The van der Waals surface area contributed by atoms with Crippen LogP contribution in [0.25, 0.3) is 11.4 Å². The van der Waals surface area contributed by atoms with Crippen LogP contribution in [0.5, 0.6) is 5.75 Å². The lowest BCUT2D eigenvalue weighted by atomic mass is 9.98. The number of nitrogens with zero attached hydrogens (tertiary/aromatic N) is 2. The number of piperidine rings is 1. The zero-order valence-electron chi connectivity index (χ0n) is 19.7. The number of benzene rings is 2. The lowest BCUT2D eigenvalue weighted by molar-refractivity contribution is -0.140. The molecule has 0 unspecified atom stereocenters. The number of H-pyrrole nitrogens is 1. The molecule has 2 heterocycles. The third-order valence-corrected chi connectivity index (χ3v) is 6.18. The van der Waals surface area contributed by atoms with E-state index in [2.05, 4.69) is 27.1 Å². The summed E-state index contributed by atoms with van der Waals surface area (Å²) in [6.07, 6.45) is -1.61. The summed E-state index contributed by atoms with van der Waals surface area (Å²) in [6, 6.07) is 8.23. The van der Waals surface area contributed by atoms with E-state index in [1.54, 1.807) is 4.90 Å². The molecule has 198 valence electrons. The molecule has 2 N–H and O–H groups in total. The standard InChI is InChI=1S/C26H21ClF4N4O3/c27-19-11-16(1-4-20(19)28)2-6-24(37)33-21-12-18(25-32-13-23(34-25)26(29,30)31)3-5-22(21)38-14-17-7-9-35(15-36)10-8-17/h1,3-5,11-13,15,17H,7-10,14H2,(H,32,34)(H,33,37). The fourth-order valence-corrected chi connectivity index (χ4v) is 3.98. The van der Waals surface area contributed by atoms with E-state index in [9.17, 15) is 27.2 Å². The summed E-state index contributed by atoms with van der Waals surface area (Å²) in [6.45, 7) is 1.54. The number of halogens is 5. The Morgan fingerprint density at radius 3 is 2.66 bits per heavy atom. The normalized spacial score (nSPS) is 14.0. The van der Waals surface area contributed by atoms with Crippen molar-refractivity contribution < 1.29 is 31.9 Å². The topological polar surface area (TPSA) is 87.3 Å². The van der Waals surface area contributed by atoms with Gasteiger partial charge < -0.3 is 19.9 Å². The van der Waals surface area contributed by atoms with Crippen molar-refractivity contribution in [2.75, 3.05) is 25.0 Å². The molecule has 7 nitrogen and oxygen atoms in total. The lowest BCUT2D eigenvalue weighted by Gasteiger charge is -2.29. The number of amides is 2. The summed E-state index contributed by atoms with van der Waals surface area (Å²) in [5.74, 6) is 4.01. The first-order chi connectivity index (χ1) is 18.1. The number of likely N-dealkylation sites (tertiary alicyclic amines) is 1. The third kappa shape index (κ3) is 6.83. The van der Waals surface area contributed by atoms with Crippen molar-refractivity contribution in [3.63, 3.8) is 0 Å². The van der Waals surface area contributed by atoms with E-state index in [0.29, 0.717) is 31.5 Å². The number of imidazole rings is 1. The fourth-order valence-electron chi connectivity index (χ4n) is 3.80. The summed E-state index contributed by atoms with van der Waals surface area (Å²) in [7, 11) is 0. The van der Waals surface area contributed by atoms with Gasteiger partial charge in [-0.15, -0.1) is 0 Å². The minimum absolute atomic E-state index is 0.0485. The number of hydrogen-bond donors (Lipinski definition) is 2. The van der Waals surface area contributed by atoms with Crippen molar-refractivity contribution >= 4 is 29.6 Å². The van der Waals surface area contributed by atoms with E-state index in [4.69, 9.17) is 16.3 Å². The molecule has 0 saturated carbocycles. The summed E-state index contributed by atoms with van der Waals surface area (Å²) in [5, 5.41) is 2.45. The molecule has 0 spiro atoms. The monoisotopic (exact) mass is 548 g/mol. The Balaban J connectivity index is 1.55. The van der Waals surface area contributed by atoms with Gasteiger partial charge in [0.25, 0.3) is 0 Å². The molecule has 3 aromatic rings. The molecule has 4 rings (SSSR count). The van der Waals surface area contributed by atoms with Crippen LogP contribution in [0.3, 0.4) is 0 Å². The predicted molar refractivity (Wildman–Crippen MR) is 132 cm³/mol. The molecule has 1 aliphatic heterocycles. The lowest BCUT2D eigenvalue weighted by Crippen LogP contribution is -2.34. The van der Waals surface area contributed by atoms with Gasteiger partial charge in [0.2, 0.25) is 6.41 Å². The maximum atomic E-state index is 13.4. The van der Waals surface area contributed by atoms with Crippen molar-refractivity contribution in [3.05, 3.63) is 64.7 Å². The van der Waals surface area contributed by atoms with Gasteiger partial charge in [-0.2, -0.15) is 13.2 Å². The second-order valence-corrected chi connectivity index (χ2v) is 8.99. The number of hydrogen-bond acceptors (Lipinski definition) is 4. The molecule has 1 fully saturated rings. The van der Waals surface area contributed by atoms with E-state index in [0.717, 1.165) is 25.3 Å². The maximum absolute atomic E-state index is 13.4. The van der Waals surface area contributed by atoms with Gasteiger partial charge in [0.05, 0.1) is 23.5 Å². The van der Waals surface area contributed by atoms with Crippen LogP contribution < -0.4 is 10.1 Å². The molecule has 0 bridgehead atoms. The minimum atomic E-state index is -4.59. The quantitative estimate of drug-likeness (QED) is 0.254. The number of nitrogens with one attached hydrogen (secondary N) is 2. The van der Waals surface area contributed by atoms with E-state index >= 15 is 0 Å². The molecule has 0 atom stereocenters. The number of ether oxygens (including phenoxy) is 1. The van der Waals surface area contributed by atoms with Gasteiger partial charge in [0.15, 0.2) is 0 Å². The smallest absolute Gasteiger partial charge is 0.432 e. The van der Waals surface area contributed by atoms with Crippen LogP contribution in [0.4, 0.5) is 23.2 Å². The number of anilines is 1. The van der Waals surface area contributed by atoms with Crippen LogP contribution in [-0.4, -0.2) is 46.9 Å². The third-order valence-electron chi connectivity index (χ3n) is 5.90. The van der Waals surface area contributed by atoms with Crippen LogP contribution in [0.15, 0.2) is 42.6 Å². The molecule has 1 aromatic heterocycles. The fraction of sp³-hybridized carbons (Fsp3) is 0.269. The average molecular weight is 549 g/mol. The largest absolute Gasteiger partial charge is 0.491 e. The Morgan fingerprint density at radius 1 is 1.24 bits per heavy atom. The first kappa shape index (κ1) is 27.0. The van der Waals surface area contributed by atoms with Gasteiger partial charge in [-0.3, -0.25) is 9.59 Å². The number of alkyl halides is 3. The number of rotatable bonds is 6. The Hall–Kier alpha value is -4.04. The summed E-state index contributed by atoms with van der Waals surface area (Å²) < 4.78 is 58.3. The highest BCUT2D eigenvalue weighted by Gasteiger charge is 2.33. The molecular weight excluding hydrogens is 528 g/mol. The molecule has 2 aromatic carbocycles. The van der Waals surface area contributed by atoms with Crippen LogP contribution >= 0.6 is 11.6 Å². The molecule has 0 aliphatic carbocycles. The Bertz CT molecular complexity index is 1390. The van der Waals surface area contributed by atoms with Gasteiger partial charge >= 0.3 is 12.1 Å². The van der Waals surface area contributed by atoms with Gasteiger partial charge in [-0.05, 0) is 55.2 Å². The first-order valence-electron chi connectivity index (χ1n) is 11.5. The Labute approximate surface area is 220 Å². The Morgan fingerprint density at radius 2 is 2.00 bits per heavy atom. The molecule has 38 heavy (non-hydrogen) atoms. The molecular formula is C26H21ClF4N4O3. The average Bonchev–Trinajstić information content (AvgIpc) is 3.40. The highest BCUT2D eigenvalue weighted by Crippen LogP contribution is 2.33. The van der Waals surface area contributed by atoms with Gasteiger partial charge in [-0.25, -0.2) is 9.37 Å². The second-order valence-electron chi connectivity index (χ2n) is 8.58. The van der Waals surface area contributed by atoms with E-state index in [1.807, 2.05) is 0 Å². The van der Waals surface area contributed by atoms with Crippen molar-refractivity contribution in [2.24, 2.45) is 5.92 Å². The highest BCUT2D eigenvalue weighted by atomic mass is 35.5. The minimum Gasteiger partial charge on any atom is -0.491 e. The maximum Gasteiger partial charge on any atom is 0.432 e.